The van der Waals surface area contributed by atoms with Crippen LogP contribution in [0, 0.1) is 0 Å². The van der Waals surface area contributed by atoms with Crippen LogP contribution in [0.1, 0.15) is 12.5 Å². The largest absolute Gasteiger partial charge is 0.494 e. The number of hydrogen-bond acceptors (Lipinski definition) is 3. The molecule has 0 amide bonds. The number of ether oxygens (including phenoxy) is 1. The first-order valence-electron chi connectivity index (χ1n) is 6.41. The van der Waals surface area contributed by atoms with Gasteiger partial charge in [-0.2, -0.15) is 0 Å². The summed E-state index contributed by atoms with van der Waals surface area (Å²) in [5.41, 5.74) is 1.38. The summed E-state index contributed by atoms with van der Waals surface area (Å²) in [6.07, 6.45) is 1.09. The Kier molecular flexibility index (Phi) is 4.40. The molecular formula is C14H22N2O. The van der Waals surface area contributed by atoms with Crippen molar-refractivity contribution < 1.29 is 4.74 Å². The first-order valence-corrected chi connectivity index (χ1v) is 6.41. The summed E-state index contributed by atoms with van der Waals surface area (Å²) in [6.45, 7) is 6.12. The van der Waals surface area contributed by atoms with Crippen LogP contribution >= 0.6 is 0 Å². The molecule has 1 aliphatic rings. The normalized spacial score (nSPS) is 21.4. The van der Waals surface area contributed by atoms with Gasteiger partial charge in [-0.1, -0.05) is 12.1 Å². The molecule has 0 aromatic heterocycles. The van der Waals surface area contributed by atoms with Gasteiger partial charge in [0.1, 0.15) is 5.75 Å². The molecule has 94 valence electrons. The van der Waals surface area contributed by atoms with E-state index in [1.807, 2.05) is 6.92 Å². The number of likely N-dealkylation sites (N-methyl/N-ethyl adjacent to an activating group) is 1. The lowest BCUT2D eigenvalue weighted by atomic mass is 10.0. The molecule has 3 heteroatoms. The minimum Gasteiger partial charge on any atom is -0.494 e. The SMILES string of the molecule is CCOc1ccc(CC2CN(C)CCN2)cc1. The molecule has 0 radical (unpaired) electrons. The molecule has 1 aromatic rings. The van der Waals surface area contributed by atoms with Crippen LogP contribution in [-0.4, -0.2) is 44.2 Å². The first kappa shape index (κ1) is 12.4. The Balaban J connectivity index is 1.89. The van der Waals surface area contributed by atoms with E-state index in [1.54, 1.807) is 0 Å². The standard InChI is InChI=1S/C14H22N2O/c1-3-17-14-6-4-12(5-7-14)10-13-11-16(2)9-8-15-13/h4-7,13,15H,3,8-11H2,1-2H3. The molecule has 0 spiro atoms. The summed E-state index contributed by atoms with van der Waals surface area (Å²) < 4.78 is 5.44. The zero-order valence-electron chi connectivity index (χ0n) is 10.8. The van der Waals surface area contributed by atoms with Crippen LogP contribution in [0.3, 0.4) is 0 Å². The molecule has 2 rings (SSSR count). The second kappa shape index (κ2) is 6.03. The van der Waals surface area contributed by atoms with Gasteiger partial charge in [0.05, 0.1) is 6.61 Å². The Labute approximate surface area is 104 Å². The highest BCUT2D eigenvalue weighted by Crippen LogP contribution is 2.14. The number of piperazine rings is 1. The monoisotopic (exact) mass is 234 g/mol. The van der Waals surface area contributed by atoms with Gasteiger partial charge in [0.15, 0.2) is 0 Å². The lowest BCUT2D eigenvalue weighted by Gasteiger charge is -2.31. The van der Waals surface area contributed by atoms with Gasteiger partial charge >= 0.3 is 0 Å². The van der Waals surface area contributed by atoms with Gasteiger partial charge in [-0.05, 0) is 38.1 Å². The number of nitrogens with one attached hydrogen (secondary N) is 1. The Morgan fingerprint density at radius 1 is 1.35 bits per heavy atom. The predicted molar refractivity (Wildman–Crippen MR) is 70.6 cm³/mol. The van der Waals surface area contributed by atoms with Gasteiger partial charge in [-0.15, -0.1) is 0 Å². The fourth-order valence-corrected chi connectivity index (χ4v) is 2.30. The van der Waals surface area contributed by atoms with Gasteiger partial charge in [0, 0.05) is 25.7 Å². The van der Waals surface area contributed by atoms with Crippen molar-refractivity contribution in [2.75, 3.05) is 33.3 Å². The maximum Gasteiger partial charge on any atom is 0.119 e. The van der Waals surface area contributed by atoms with E-state index >= 15 is 0 Å². The first-order chi connectivity index (χ1) is 8.28. The fourth-order valence-electron chi connectivity index (χ4n) is 2.30. The van der Waals surface area contributed by atoms with Crippen molar-refractivity contribution in [1.29, 1.82) is 0 Å². The second-order valence-electron chi connectivity index (χ2n) is 4.69. The molecule has 1 aliphatic heterocycles. The van der Waals surface area contributed by atoms with Gasteiger partial charge in [0.2, 0.25) is 0 Å². The van der Waals surface area contributed by atoms with E-state index in [9.17, 15) is 0 Å². The van der Waals surface area contributed by atoms with E-state index in [4.69, 9.17) is 4.74 Å². The van der Waals surface area contributed by atoms with Gasteiger partial charge in [-0.25, -0.2) is 0 Å². The second-order valence-corrected chi connectivity index (χ2v) is 4.69. The Hall–Kier alpha value is -1.06. The highest BCUT2D eigenvalue weighted by atomic mass is 16.5. The molecule has 3 nitrogen and oxygen atoms in total. The zero-order chi connectivity index (χ0) is 12.1. The Morgan fingerprint density at radius 3 is 2.76 bits per heavy atom. The lowest BCUT2D eigenvalue weighted by Crippen LogP contribution is -2.49. The number of benzene rings is 1. The Bertz CT molecular complexity index is 337. The minimum atomic E-state index is 0.576. The van der Waals surface area contributed by atoms with Gasteiger partial charge < -0.3 is 15.0 Å². The van der Waals surface area contributed by atoms with E-state index in [1.165, 1.54) is 5.56 Å². The minimum absolute atomic E-state index is 0.576. The lowest BCUT2D eigenvalue weighted by molar-refractivity contribution is 0.238. The van der Waals surface area contributed by atoms with E-state index < -0.39 is 0 Å². The molecule has 1 aromatic carbocycles. The number of nitrogens with zero attached hydrogens (tertiary/aromatic N) is 1. The third-order valence-electron chi connectivity index (χ3n) is 3.18. The molecule has 1 atom stereocenters. The third-order valence-corrected chi connectivity index (χ3v) is 3.18. The molecule has 0 saturated carbocycles. The summed E-state index contributed by atoms with van der Waals surface area (Å²) in [6, 6.07) is 9.03. The summed E-state index contributed by atoms with van der Waals surface area (Å²) in [5.74, 6) is 0.963. The highest BCUT2D eigenvalue weighted by molar-refractivity contribution is 5.27. The molecular weight excluding hydrogens is 212 g/mol. The van der Waals surface area contributed by atoms with Crippen molar-refractivity contribution in [3.05, 3.63) is 29.8 Å². The van der Waals surface area contributed by atoms with Crippen molar-refractivity contribution >= 4 is 0 Å². The highest BCUT2D eigenvalue weighted by Gasteiger charge is 2.16. The van der Waals surface area contributed by atoms with Crippen molar-refractivity contribution in [3.63, 3.8) is 0 Å². The van der Waals surface area contributed by atoms with E-state index in [-0.39, 0.29) is 0 Å². The van der Waals surface area contributed by atoms with Crippen LogP contribution in [0.2, 0.25) is 0 Å². The molecule has 1 fully saturated rings. The average molecular weight is 234 g/mol. The zero-order valence-corrected chi connectivity index (χ0v) is 10.8. The summed E-state index contributed by atoms with van der Waals surface area (Å²) in [7, 11) is 2.19. The van der Waals surface area contributed by atoms with Gasteiger partial charge in [0.25, 0.3) is 0 Å². The van der Waals surface area contributed by atoms with Crippen LogP contribution in [0.25, 0.3) is 0 Å². The molecule has 1 unspecified atom stereocenters. The van der Waals surface area contributed by atoms with Crippen molar-refractivity contribution in [1.82, 2.24) is 10.2 Å². The molecule has 1 N–H and O–H groups in total. The predicted octanol–water partition coefficient (Wildman–Crippen LogP) is 1.53. The summed E-state index contributed by atoms with van der Waals surface area (Å²) >= 11 is 0. The van der Waals surface area contributed by atoms with E-state index in [0.29, 0.717) is 6.04 Å². The van der Waals surface area contributed by atoms with Crippen LogP contribution in [-0.2, 0) is 6.42 Å². The molecule has 1 saturated heterocycles. The maximum absolute atomic E-state index is 5.44. The smallest absolute Gasteiger partial charge is 0.119 e. The van der Waals surface area contributed by atoms with Crippen LogP contribution in [0.4, 0.5) is 0 Å². The summed E-state index contributed by atoms with van der Waals surface area (Å²) in [5, 5.41) is 3.56. The quantitative estimate of drug-likeness (QED) is 0.855. The van der Waals surface area contributed by atoms with Crippen molar-refractivity contribution in [2.45, 2.75) is 19.4 Å². The number of rotatable bonds is 4. The average Bonchev–Trinajstić information content (AvgIpc) is 2.32. The number of hydrogen-bond donors (Lipinski definition) is 1. The Morgan fingerprint density at radius 2 is 2.12 bits per heavy atom. The fraction of sp³-hybridized carbons (Fsp3) is 0.571. The summed E-state index contributed by atoms with van der Waals surface area (Å²) in [4.78, 5) is 2.38. The van der Waals surface area contributed by atoms with E-state index in [2.05, 4.69) is 41.5 Å². The molecule has 0 aliphatic carbocycles. The van der Waals surface area contributed by atoms with Crippen LogP contribution in [0.5, 0.6) is 5.75 Å². The maximum atomic E-state index is 5.44. The van der Waals surface area contributed by atoms with Crippen molar-refractivity contribution in [2.24, 2.45) is 0 Å². The molecule has 0 bridgehead atoms. The molecule has 17 heavy (non-hydrogen) atoms. The van der Waals surface area contributed by atoms with Gasteiger partial charge in [-0.3, -0.25) is 0 Å². The third kappa shape index (κ3) is 3.72. The van der Waals surface area contributed by atoms with E-state index in [0.717, 1.165) is 38.4 Å². The topological polar surface area (TPSA) is 24.5 Å². The van der Waals surface area contributed by atoms with Crippen LogP contribution < -0.4 is 10.1 Å². The van der Waals surface area contributed by atoms with Crippen LogP contribution in [0.15, 0.2) is 24.3 Å². The van der Waals surface area contributed by atoms with Crippen molar-refractivity contribution in [3.8, 4) is 5.75 Å². The molecule has 1 heterocycles.